The van der Waals surface area contributed by atoms with Gasteiger partial charge in [0.15, 0.2) is 0 Å². The molecule has 0 unspecified atom stereocenters. The Hall–Kier alpha value is 1.06. The fourth-order valence-electron chi connectivity index (χ4n) is 2.79. The van der Waals surface area contributed by atoms with E-state index >= 15 is 0 Å². The van der Waals surface area contributed by atoms with Crippen LogP contribution in [0.3, 0.4) is 0 Å². The van der Waals surface area contributed by atoms with Gasteiger partial charge in [-0.1, -0.05) is 4.17 Å². The average Bonchev–Trinajstić information content (AvgIpc) is 2.26. The molecule has 0 aliphatic heterocycles. The summed E-state index contributed by atoms with van der Waals surface area (Å²) in [5.74, 6) is 0. The second kappa shape index (κ2) is 9.52. The van der Waals surface area contributed by atoms with Crippen molar-refractivity contribution in [2.75, 3.05) is 84.6 Å². The lowest BCUT2D eigenvalue weighted by molar-refractivity contribution is -0.00000521. The van der Waals surface area contributed by atoms with Gasteiger partial charge in [0.1, 0.15) is 0 Å². The Bertz CT molecular complexity index is 359. The van der Waals surface area contributed by atoms with Crippen LogP contribution < -0.4 is 28.1 Å². The van der Waals surface area contributed by atoms with Crippen molar-refractivity contribution in [2.45, 2.75) is 0 Å². The molecule has 0 aromatic carbocycles. The normalized spacial score (nSPS) is 13.5. The van der Waals surface area contributed by atoms with Crippen LogP contribution >= 0.6 is 15.0 Å². The van der Waals surface area contributed by atoms with Gasteiger partial charge < -0.3 is 24.0 Å². The van der Waals surface area contributed by atoms with Crippen LogP contribution in [-0.2, 0) is 0 Å². The van der Waals surface area contributed by atoms with Gasteiger partial charge in [0.05, 0.1) is 0 Å². The van der Waals surface area contributed by atoms with Gasteiger partial charge in [-0.25, -0.2) is 28.0 Å². The number of hydrogen-bond acceptors (Lipinski definition) is 0. The predicted octanol–water partition coefficient (Wildman–Crippen LogP) is -1.68. The lowest BCUT2D eigenvalue weighted by Crippen LogP contribution is -3.00. The van der Waals surface area contributed by atoms with Crippen molar-refractivity contribution in [3.8, 4) is 0 Å². The van der Waals surface area contributed by atoms with E-state index in [-0.39, 0.29) is 24.0 Å². The molecule has 0 bridgehead atoms. The van der Waals surface area contributed by atoms with Crippen molar-refractivity contribution in [1.29, 1.82) is 0 Å². The molecule has 10 heteroatoms. The van der Waals surface area contributed by atoms with Gasteiger partial charge in [0.25, 0.3) is 0 Å². The molecule has 7 nitrogen and oxygen atoms in total. The summed E-state index contributed by atoms with van der Waals surface area (Å²) in [6, 6.07) is 0. The smallest absolute Gasteiger partial charge is 0.430 e. The summed E-state index contributed by atoms with van der Waals surface area (Å²) in [7, 11) is 21.5. The molecule has 22 heavy (non-hydrogen) atoms. The maximum atomic E-state index is 5.51. The Balaban J connectivity index is 0. The fourth-order valence-corrected chi connectivity index (χ4v) is 12.2. The minimum atomic E-state index is -1.95. The molecule has 0 amide bonds. The van der Waals surface area contributed by atoms with Gasteiger partial charge in [-0.05, 0) is 84.6 Å². The van der Waals surface area contributed by atoms with E-state index in [9.17, 15) is 0 Å². The quantitative estimate of drug-likeness (QED) is 0.264. The summed E-state index contributed by atoms with van der Waals surface area (Å²) in [6.45, 7) is 0. The predicted molar refractivity (Wildman–Crippen MR) is 98.1 cm³/mol. The third kappa shape index (κ3) is 4.57. The number of halogens is 1. The standard InChI is InChI=1S/C12H36N7P2.HI/c1-14(2)20(15(3)4,16(5)6)13-21(17(7)8,18(9)10)19(11)12;/h1-12H3;1H/q+1;/p-1. The number of nitrogens with zero attached hydrogens (tertiary/aromatic N) is 7. The topological polar surface area (TPSA) is 33.5 Å². The molecule has 0 aromatic heterocycles. The highest BCUT2D eigenvalue weighted by Crippen LogP contribution is 2.58. The SMILES string of the molecule is CN(C)P(=[N+]=P(N(C)C)(N(C)C)N(C)C)(N(C)C)N(C)C.[I-]. The van der Waals surface area contributed by atoms with Crippen molar-refractivity contribution in [1.82, 2.24) is 32.2 Å². The molecule has 0 N–H and O–H groups in total. The third-order valence-electron chi connectivity index (χ3n) is 3.46. The van der Waals surface area contributed by atoms with E-state index in [2.05, 4.69) is 113 Å². The molecule has 0 fully saturated rings. The maximum absolute atomic E-state index is 5.51. The van der Waals surface area contributed by atoms with Crippen LogP contribution in [0.5, 0.6) is 0 Å². The maximum Gasteiger partial charge on any atom is 0.430 e. The Morgan fingerprint density at radius 2 is 0.545 bits per heavy atom. The van der Waals surface area contributed by atoms with Gasteiger partial charge in [-0.15, -0.1) is 0 Å². The third-order valence-corrected chi connectivity index (χ3v) is 11.8. The van der Waals surface area contributed by atoms with Gasteiger partial charge in [-0.3, -0.25) is 0 Å². The van der Waals surface area contributed by atoms with E-state index in [1.54, 1.807) is 0 Å². The highest BCUT2D eigenvalue weighted by Gasteiger charge is 2.47. The summed E-state index contributed by atoms with van der Waals surface area (Å²) < 4.78 is 19.1. The monoisotopic (exact) mass is 467 g/mol. The van der Waals surface area contributed by atoms with Crippen molar-refractivity contribution in [2.24, 2.45) is 0 Å². The van der Waals surface area contributed by atoms with Crippen LogP contribution in [-0.4, -0.2) is 113 Å². The summed E-state index contributed by atoms with van der Waals surface area (Å²) in [4.78, 5) is 0. The Morgan fingerprint density at radius 3 is 0.636 bits per heavy atom. The Kier molecular flexibility index (Phi) is 10.9. The number of hydrogen-bond donors (Lipinski definition) is 0. The summed E-state index contributed by atoms with van der Waals surface area (Å²) in [5, 5.41) is 0. The molecule has 0 aromatic rings. The first kappa shape index (κ1) is 25.3. The van der Waals surface area contributed by atoms with Crippen LogP contribution in [0.15, 0.2) is 0 Å². The van der Waals surface area contributed by atoms with Crippen molar-refractivity contribution >= 4 is 15.0 Å². The molecule has 0 radical (unpaired) electrons. The molecule has 0 atom stereocenters. The number of rotatable bonds is 6. The minimum absolute atomic E-state index is 0. The summed E-state index contributed by atoms with van der Waals surface area (Å²) in [6.07, 6.45) is 0. The minimum Gasteiger partial charge on any atom is -1.00 e. The van der Waals surface area contributed by atoms with Gasteiger partial charge in [0.2, 0.25) is 0 Å². The van der Waals surface area contributed by atoms with Gasteiger partial charge in [-0.2, -0.15) is 0 Å². The molecule has 0 saturated carbocycles. The Morgan fingerprint density at radius 1 is 0.409 bits per heavy atom. The molecule has 136 valence electrons. The van der Waals surface area contributed by atoms with Crippen LogP contribution in [0, 0.1) is 0 Å². The van der Waals surface area contributed by atoms with Crippen molar-refractivity contribution < 1.29 is 24.0 Å². The Labute approximate surface area is 155 Å². The van der Waals surface area contributed by atoms with E-state index < -0.39 is 15.0 Å². The fraction of sp³-hybridized carbons (Fsp3) is 1.00. The summed E-state index contributed by atoms with van der Waals surface area (Å²) in [5.41, 5.74) is 0. The summed E-state index contributed by atoms with van der Waals surface area (Å²) >= 11 is 0. The highest BCUT2D eigenvalue weighted by molar-refractivity contribution is 7.66. The zero-order valence-electron chi connectivity index (χ0n) is 16.4. The molecular formula is C12H36IN7P2. The average molecular weight is 467 g/mol. The molecule has 0 heterocycles. The molecular weight excluding hydrogens is 431 g/mol. The second-order valence-electron chi connectivity index (χ2n) is 6.25. The zero-order chi connectivity index (χ0) is 17.2. The first-order valence-corrected chi connectivity index (χ1v) is 10.2. The highest BCUT2D eigenvalue weighted by atomic mass is 127. The second-order valence-corrected chi connectivity index (χ2v) is 13.9. The lowest BCUT2D eigenvalue weighted by Gasteiger charge is -2.34. The largest absolute Gasteiger partial charge is 1.00 e. The van der Waals surface area contributed by atoms with Crippen molar-refractivity contribution in [3.05, 3.63) is 0 Å². The zero-order valence-corrected chi connectivity index (χ0v) is 20.3. The molecule has 0 rings (SSSR count). The molecule has 0 aliphatic rings. The first-order valence-electron chi connectivity index (χ1n) is 6.97. The van der Waals surface area contributed by atoms with E-state index in [0.717, 1.165) is 0 Å². The van der Waals surface area contributed by atoms with E-state index in [1.807, 2.05) is 0 Å². The molecule has 0 aliphatic carbocycles. The van der Waals surface area contributed by atoms with Gasteiger partial charge in [0, 0.05) is 0 Å². The van der Waals surface area contributed by atoms with E-state index in [1.165, 1.54) is 0 Å². The van der Waals surface area contributed by atoms with Crippen LogP contribution in [0.2, 0.25) is 0 Å². The van der Waals surface area contributed by atoms with Gasteiger partial charge >= 0.3 is 15.0 Å². The molecule has 0 spiro atoms. The van der Waals surface area contributed by atoms with E-state index in [0.29, 0.717) is 0 Å². The van der Waals surface area contributed by atoms with Crippen LogP contribution in [0.4, 0.5) is 0 Å². The first-order chi connectivity index (χ1) is 9.37. The van der Waals surface area contributed by atoms with Crippen LogP contribution in [0.25, 0.3) is 0 Å². The molecule has 0 saturated heterocycles. The van der Waals surface area contributed by atoms with Crippen LogP contribution in [0.1, 0.15) is 0 Å². The van der Waals surface area contributed by atoms with Crippen molar-refractivity contribution in [3.63, 3.8) is 0 Å². The van der Waals surface area contributed by atoms with E-state index in [4.69, 9.17) is 4.17 Å². The lowest BCUT2D eigenvalue weighted by atomic mass is 11.2.